The first kappa shape index (κ1) is 34.2. The van der Waals surface area contributed by atoms with E-state index in [-0.39, 0.29) is 0 Å². The molecule has 0 unspecified atom stereocenters. The van der Waals surface area contributed by atoms with Gasteiger partial charge < -0.3 is 4.90 Å². The Hall–Kier alpha value is -7.36. The number of benzene rings is 7. The highest BCUT2D eigenvalue weighted by molar-refractivity contribution is 5.87. The highest BCUT2D eigenvalue weighted by Gasteiger charge is 2.22. The average molecular weight is 730 g/mol. The van der Waals surface area contributed by atoms with Crippen LogP contribution in [0.15, 0.2) is 213 Å². The molecule has 0 amide bonds. The fraction of sp³-hybridized carbons (Fsp3) is 0.0370. The van der Waals surface area contributed by atoms with Crippen LogP contribution in [0.25, 0.3) is 77.9 Å². The molecule has 270 valence electrons. The van der Waals surface area contributed by atoms with Crippen molar-refractivity contribution in [3.05, 3.63) is 224 Å². The van der Waals surface area contributed by atoms with Gasteiger partial charge in [0.15, 0.2) is 0 Å². The summed E-state index contributed by atoms with van der Waals surface area (Å²) in [6.07, 6.45) is 7.53. The second kappa shape index (κ2) is 15.1. The molecule has 0 saturated carbocycles. The van der Waals surface area contributed by atoms with E-state index in [1.807, 2.05) is 36.9 Å². The summed E-state index contributed by atoms with van der Waals surface area (Å²) < 4.78 is 0. The Morgan fingerprint density at radius 2 is 0.737 bits per heavy atom. The molecule has 57 heavy (non-hydrogen) atoms. The fourth-order valence-corrected chi connectivity index (χ4v) is 8.18. The average Bonchev–Trinajstić information content (AvgIpc) is 3.46. The first-order chi connectivity index (χ1) is 28.2. The number of fused-ring (bicyclic) bond motifs is 3. The van der Waals surface area contributed by atoms with Crippen molar-refractivity contribution in [2.75, 3.05) is 4.90 Å². The van der Waals surface area contributed by atoms with E-state index in [0.717, 1.165) is 40.9 Å². The zero-order valence-electron chi connectivity index (χ0n) is 31.5. The largest absolute Gasteiger partial charge is 0.363 e. The molecular formula is C54H39N3. The van der Waals surface area contributed by atoms with Gasteiger partial charge in [-0.2, -0.15) is 0 Å². The second-order valence-electron chi connectivity index (χ2n) is 14.7. The topological polar surface area (TPSA) is 29.0 Å². The standard InChI is InChI=1S/C54H39N3/c1-4-12-38(13-5-1)45-27-46(39-14-6-2-7-15-39)29-47(28-45)40-22-23-53-51(26-40)37-57(52-18-8-3-9-19-52)36-44-21-20-41(33-54(44)53)48-30-49(42-16-10-24-55-34-42)32-50(31-48)43-17-11-25-56-35-43/h1-35H,36-37H2. The summed E-state index contributed by atoms with van der Waals surface area (Å²) in [7, 11) is 0. The van der Waals surface area contributed by atoms with Gasteiger partial charge in [0.1, 0.15) is 0 Å². The van der Waals surface area contributed by atoms with Crippen molar-refractivity contribution < 1.29 is 0 Å². The lowest BCUT2D eigenvalue weighted by Crippen LogP contribution is -2.20. The molecule has 1 aliphatic heterocycles. The quantitative estimate of drug-likeness (QED) is 0.164. The zero-order chi connectivity index (χ0) is 38.0. The van der Waals surface area contributed by atoms with E-state index in [1.54, 1.807) is 0 Å². The zero-order valence-corrected chi connectivity index (χ0v) is 31.5. The van der Waals surface area contributed by atoms with Crippen LogP contribution in [0.2, 0.25) is 0 Å². The maximum absolute atomic E-state index is 4.44. The van der Waals surface area contributed by atoms with Crippen molar-refractivity contribution in [2.24, 2.45) is 0 Å². The summed E-state index contributed by atoms with van der Waals surface area (Å²) in [5.74, 6) is 0. The molecule has 0 saturated heterocycles. The van der Waals surface area contributed by atoms with Crippen LogP contribution in [-0.2, 0) is 13.1 Å². The lowest BCUT2D eigenvalue weighted by atomic mass is 9.88. The number of hydrogen-bond donors (Lipinski definition) is 0. The van der Waals surface area contributed by atoms with Gasteiger partial charge >= 0.3 is 0 Å². The van der Waals surface area contributed by atoms with E-state index in [1.165, 1.54) is 66.9 Å². The third-order valence-electron chi connectivity index (χ3n) is 11.1. The number of anilines is 1. The monoisotopic (exact) mass is 729 g/mol. The van der Waals surface area contributed by atoms with Gasteiger partial charge in [0.2, 0.25) is 0 Å². The van der Waals surface area contributed by atoms with Crippen molar-refractivity contribution in [1.29, 1.82) is 0 Å². The van der Waals surface area contributed by atoms with E-state index in [9.17, 15) is 0 Å². The molecule has 0 fully saturated rings. The Morgan fingerprint density at radius 1 is 0.298 bits per heavy atom. The van der Waals surface area contributed by atoms with Crippen LogP contribution >= 0.6 is 0 Å². The van der Waals surface area contributed by atoms with Gasteiger partial charge in [-0.05, 0) is 151 Å². The minimum absolute atomic E-state index is 0.794. The van der Waals surface area contributed by atoms with Gasteiger partial charge in [-0.15, -0.1) is 0 Å². The molecule has 0 bridgehead atoms. The molecule has 1 aliphatic rings. The van der Waals surface area contributed by atoms with Gasteiger partial charge in [0, 0.05) is 54.7 Å². The van der Waals surface area contributed by atoms with Crippen LogP contribution in [-0.4, -0.2) is 9.97 Å². The van der Waals surface area contributed by atoms with Gasteiger partial charge in [-0.3, -0.25) is 9.97 Å². The summed E-state index contributed by atoms with van der Waals surface area (Å²) in [6, 6.07) is 68.4. The predicted molar refractivity (Wildman–Crippen MR) is 236 cm³/mol. The number of para-hydroxylation sites is 1. The maximum Gasteiger partial charge on any atom is 0.0439 e. The van der Waals surface area contributed by atoms with Crippen molar-refractivity contribution in [3.8, 4) is 77.9 Å². The molecule has 0 spiro atoms. The van der Waals surface area contributed by atoms with Gasteiger partial charge in [0.05, 0.1) is 0 Å². The molecule has 9 aromatic rings. The SMILES string of the molecule is c1ccc(-c2cc(-c3ccccc3)cc(-c3ccc4c(c3)CN(c3ccccc3)Cc3ccc(-c5cc(-c6cccnc6)cc(-c6cccnc6)c5)cc3-4)c2)cc1. The molecule has 2 aromatic heterocycles. The number of hydrogen-bond acceptors (Lipinski definition) is 3. The summed E-state index contributed by atoms with van der Waals surface area (Å²) in [5, 5.41) is 0. The van der Waals surface area contributed by atoms with Crippen LogP contribution in [0, 0.1) is 0 Å². The van der Waals surface area contributed by atoms with Crippen LogP contribution in [0.3, 0.4) is 0 Å². The van der Waals surface area contributed by atoms with E-state index in [4.69, 9.17) is 0 Å². The molecule has 10 rings (SSSR count). The van der Waals surface area contributed by atoms with Gasteiger partial charge in [-0.1, -0.05) is 115 Å². The molecule has 7 aromatic carbocycles. The van der Waals surface area contributed by atoms with E-state index >= 15 is 0 Å². The minimum Gasteiger partial charge on any atom is -0.363 e. The Bertz CT molecular complexity index is 2700. The Balaban J connectivity index is 1.13. The highest BCUT2D eigenvalue weighted by atomic mass is 15.1. The summed E-state index contributed by atoms with van der Waals surface area (Å²) in [6.45, 7) is 1.60. The van der Waals surface area contributed by atoms with E-state index < -0.39 is 0 Å². The van der Waals surface area contributed by atoms with Gasteiger partial charge in [0.25, 0.3) is 0 Å². The maximum atomic E-state index is 4.44. The summed E-state index contributed by atoms with van der Waals surface area (Å²) in [4.78, 5) is 11.4. The van der Waals surface area contributed by atoms with Crippen molar-refractivity contribution in [1.82, 2.24) is 9.97 Å². The number of aromatic nitrogens is 2. The molecule has 3 heteroatoms. The summed E-state index contributed by atoms with van der Waals surface area (Å²) in [5.41, 5.74) is 20.4. The van der Waals surface area contributed by atoms with Crippen molar-refractivity contribution in [3.63, 3.8) is 0 Å². The molecule has 3 heterocycles. The fourth-order valence-electron chi connectivity index (χ4n) is 8.18. The molecule has 0 atom stereocenters. The van der Waals surface area contributed by atoms with E-state index in [2.05, 4.69) is 191 Å². The van der Waals surface area contributed by atoms with E-state index in [0.29, 0.717) is 0 Å². The first-order valence-corrected chi connectivity index (χ1v) is 19.5. The molecule has 0 radical (unpaired) electrons. The Morgan fingerprint density at radius 3 is 1.26 bits per heavy atom. The van der Waals surface area contributed by atoms with Crippen LogP contribution in [0.5, 0.6) is 0 Å². The molecule has 0 aliphatic carbocycles. The lowest BCUT2D eigenvalue weighted by molar-refractivity contribution is 0.812. The minimum atomic E-state index is 0.794. The Kier molecular flexibility index (Phi) is 9.02. The number of pyridine rings is 2. The molecule has 0 N–H and O–H groups in total. The number of nitrogens with zero attached hydrogens (tertiary/aromatic N) is 3. The Labute approximate surface area is 334 Å². The lowest BCUT2D eigenvalue weighted by Gasteiger charge is -2.24. The molecular weight excluding hydrogens is 691 g/mol. The van der Waals surface area contributed by atoms with Crippen LogP contribution in [0.1, 0.15) is 11.1 Å². The first-order valence-electron chi connectivity index (χ1n) is 19.5. The second-order valence-corrected chi connectivity index (χ2v) is 14.7. The smallest absolute Gasteiger partial charge is 0.0439 e. The third kappa shape index (κ3) is 7.03. The van der Waals surface area contributed by atoms with Crippen LogP contribution < -0.4 is 4.90 Å². The summed E-state index contributed by atoms with van der Waals surface area (Å²) >= 11 is 0. The highest BCUT2D eigenvalue weighted by Crippen LogP contribution is 2.41. The number of rotatable bonds is 7. The van der Waals surface area contributed by atoms with Crippen LogP contribution in [0.4, 0.5) is 5.69 Å². The van der Waals surface area contributed by atoms with Crippen molar-refractivity contribution >= 4 is 5.69 Å². The molecule has 3 nitrogen and oxygen atoms in total. The third-order valence-corrected chi connectivity index (χ3v) is 11.1. The van der Waals surface area contributed by atoms with Crippen molar-refractivity contribution in [2.45, 2.75) is 13.1 Å². The predicted octanol–water partition coefficient (Wildman–Crippen LogP) is 13.7. The van der Waals surface area contributed by atoms with Gasteiger partial charge in [-0.25, -0.2) is 0 Å². The normalized spacial score (nSPS) is 12.0.